The number of aromatic amines is 1. The number of carbonyl (C=O) groups excluding carboxylic acids is 1. The molecule has 1 unspecified atom stereocenters. The molecule has 0 radical (unpaired) electrons. The quantitative estimate of drug-likeness (QED) is 0.762. The Morgan fingerprint density at radius 1 is 1.30 bits per heavy atom. The van der Waals surface area contributed by atoms with Gasteiger partial charge in [-0.05, 0) is 13.3 Å². The summed E-state index contributed by atoms with van der Waals surface area (Å²) in [6.07, 6.45) is 0.573. The number of nitrogens with zero attached hydrogens (tertiary/aromatic N) is 4. The van der Waals surface area contributed by atoms with Crippen LogP contribution in [-0.2, 0) is 4.79 Å². The summed E-state index contributed by atoms with van der Waals surface area (Å²) in [5.74, 6) is 0.0644. The van der Waals surface area contributed by atoms with Crippen molar-refractivity contribution in [3.8, 4) is 0 Å². The Bertz CT molecular complexity index is 742. The first-order valence-electron chi connectivity index (χ1n) is 7.15. The molecule has 1 amide bonds. The molecule has 0 bridgehead atoms. The molecule has 0 aliphatic heterocycles. The molecule has 10 heteroatoms. The topological polar surface area (TPSA) is 114 Å². The smallest absolute Gasteiger partial charge is 0.273 e. The summed E-state index contributed by atoms with van der Waals surface area (Å²) in [4.78, 5) is 26.5. The van der Waals surface area contributed by atoms with Crippen LogP contribution >= 0.6 is 23.1 Å². The third-order valence-corrected chi connectivity index (χ3v) is 5.30. The minimum Gasteiger partial charge on any atom is -0.300 e. The van der Waals surface area contributed by atoms with E-state index in [0.29, 0.717) is 22.4 Å². The molecule has 0 saturated carbocycles. The third-order valence-electron chi connectivity index (χ3n) is 2.92. The maximum Gasteiger partial charge on any atom is 0.273 e. The lowest BCUT2D eigenvalue weighted by Crippen LogP contribution is -2.25. The summed E-state index contributed by atoms with van der Waals surface area (Å²) in [6.45, 7) is 7.50. The van der Waals surface area contributed by atoms with Crippen molar-refractivity contribution in [1.29, 1.82) is 0 Å². The van der Waals surface area contributed by atoms with E-state index in [1.54, 1.807) is 6.92 Å². The molecule has 8 nitrogen and oxygen atoms in total. The van der Waals surface area contributed by atoms with Gasteiger partial charge in [-0.2, -0.15) is 0 Å². The summed E-state index contributed by atoms with van der Waals surface area (Å²) in [7, 11) is 0. The lowest BCUT2D eigenvalue weighted by molar-refractivity contribution is -0.115. The van der Waals surface area contributed by atoms with Gasteiger partial charge in [0.2, 0.25) is 11.0 Å². The Labute approximate surface area is 141 Å². The van der Waals surface area contributed by atoms with E-state index in [0.717, 1.165) is 5.01 Å². The fourth-order valence-corrected chi connectivity index (χ4v) is 3.18. The van der Waals surface area contributed by atoms with Crippen LogP contribution in [0.4, 0.5) is 5.13 Å². The Hall–Kier alpha value is -1.81. The van der Waals surface area contributed by atoms with Gasteiger partial charge in [-0.1, -0.05) is 43.9 Å². The lowest BCUT2D eigenvalue weighted by Gasteiger charge is -2.12. The van der Waals surface area contributed by atoms with Crippen LogP contribution in [-0.4, -0.2) is 36.5 Å². The summed E-state index contributed by atoms with van der Waals surface area (Å²) >= 11 is 2.53. The summed E-state index contributed by atoms with van der Waals surface area (Å²) in [5.41, 5.74) is -0.00890. The number of hydrogen-bond acceptors (Lipinski definition) is 8. The van der Waals surface area contributed by atoms with Gasteiger partial charge in [-0.3, -0.25) is 19.9 Å². The number of aromatic nitrogens is 5. The fraction of sp³-hybridized carbons (Fsp3) is 0.538. The Morgan fingerprint density at radius 3 is 2.61 bits per heavy atom. The second kappa shape index (κ2) is 7.64. The SMILES string of the molecule is CCC(Sc1nnc(C)c(=O)[nH]1)C(=O)Nc1nnc(C(C)C)s1. The van der Waals surface area contributed by atoms with Crippen molar-refractivity contribution >= 4 is 34.1 Å². The van der Waals surface area contributed by atoms with Gasteiger partial charge in [0.25, 0.3) is 5.56 Å². The van der Waals surface area contributed by atoms with Gasteiger partial charge in [-0.25, -0.2) is 0 Å². The number of aryl methyl sites for hydroxylation is 1. The number of thioether (sulfide) groups is 1. The fourth-order valence-electron chi connectivity index (χ4n) is 1.59. The molecule has 2 rings (SSSR count). The van der Waals surface area contributed by atoms with E-state index in [2.05, 4.69) is 30.7 Å². The van der Waals surface area contributed by atoms with Gasteiger partial charge in [0.05, 0.1) is 5.25 Å². The highest BCUT2D eigenvalue weighted by Crippen LogP contribution is 2.25. The van der Waals surface area contributed by atoms with E-state index in [1.807, 2.05) is 20.8 Å². The minimum absolute atomic E-state index is 0.202. The third kappa shape index (κ3) is 4.58. The second-order valence-corrected chi connectivity index (χ2v) is 7.35. The Morgan fingerprint density at radius 2 is 2.04 bits per heavy atom. The van der Waals surface area contributed by atoms with Crippen LogP contribution in [0.15, 0.2) is 9.95 Å². The first kappa shape index (κ1) is 17.5. The Balaban J connectivity index is 2.05. The van der Waals surface area contributed by atoms with Crippen LogP contribution in [0, 0.1) is 6.92 Å². The highest BCUT2D eigenvalue weighted by molar-refractivity contribution is 8.00. The molecule has 2 aromatic rings. The number of amides is 1. The molecule has 2 N–H and O–H groups in total. The number of nitrogens with one attached hydrogen (secondary N) is 2. The molecule has 23 heavy (non-hydrogen) atoms. The van der Waals surface area contributed by atoms with Crippen LogP contribution < -0.4 is 10.9 Å². The van der Waals surface area contributed by atoms with Gasteiger partial charge < -0.3 is 0 Å². The standard InChI is InChI=1S/C13H18N6O2S2/c1-5-8(22-12-14-9(20)7(4)16-18-12)10(21)15-13-19-17-11(23-13)6(2)3/h6,8H,5H2,1-4H3,(H,14,18,20)(H,15,19,21). The Kier molecular flexibility index (Phi) is 5.83. The molecule has 0 fully saturated rings. The molecule has 1 atom stereocenters. The average molecular weight is 354 g/mol. The van der Waals surface area contributed by atoms with Crippen LogP contribution in [0.25, 0.3) is 0 Å². The van der Waals surface area contributed by atoms with Gasteiger partial charge >= 0.3 is 0 Å². The lowest BCUT2D eigenvalue weighted by atomic mass is 10.2. The zero-order valence-electron chi connectivity index (χ0n) is 13.3. The van der Waals surface area contributed by atoms with Crippen LogP contribution in [0.3, 0.4) is 0 Å². The van der Waals surface area contributed by atoms with Crippen molar-refractivity contribution in [1.82, 2.24) is 25.4 Å². The molecule has 0 aliphatic rings. The van der Waals surface area contributed by atoms with Crippen molar-refractivity contribution in [2.24, 2.45) is 0 Å². The van der Waals surface area contributed by atoms with Gasteiger partial charge in [0.1, 0.15) is 10.7 Å². The normalized spacial score (nSPS) is 12.4. The maximum atomic E-state index is 12.3. The van der Waals surface area contributed by atoms with Crippen LogP contribution in [0.2, 0.25) is 0 Å². The maximum absolute atomic E-state index is 12.3. The predicted octanol–water partition coefficient (Wildman–Crippen LogP) is 1.96. The highest BCUT2D eigenvalue weighted by atomic mass is 32.2. The van der Waals surface area contributed by atoms with Crippen molar-refractivity contribution in [3.63, 3.8) is 0 Å². The van der Waals surface area contributed by atoms with Crippen LogP contribution in [0.1, 0.15) is 43.8 Å². The van der Waals surface area contributed by atoms with Crippen molar-refractivity contribution < 1.29 is 4.79 Å². The predicted molar refractivity (Wildman–Crippen MR) is 90.0 cm³/mol. The van der Waals surface area contributed by atoms with Gasteiger partial charge in [0.15, 0.2) is 5.16 Å². The molecule has 2 heterocycles. The summed E-state index contributed by atoms with van der Waals surface area (Å²) in [6, 6.07) is 0. The van der Waals surface area contributed by atoms with Gasteiger partial charge in [-0.15, -0.1) is 20.4 Å². The van der Waals surface area contributed by atoms with Crippen molar-refractivity contribution in [2.45, 2.75) is 50.4 Å². The summed E-state index contributed by atoms with van der Waals surface area (Å²) in [5, 5.41) is 19.7. The largest absolute Gasteiger partial charge is 0.300 e. The van der Waals surface area contributed by atoms with E-state index in [1.165, 1.54) is 23.1 Å². The zero-order valence-corrected chi connectivity index (χ0v) is 14.9. The van der Waals surface area contributed by atoms with E-state index in [9.17, 15) is 9.59 Å². The van der Waals surface area contributed by atoms with E-state index in [-0.39, 0.29) is 17.4 Å². The van der Waals surface area contributed by atoms with E-state index in [4.69, 9.17) is 0 Å². The van der Waals surface area contributed by atoms with E-state index >= 15 is 0 Å². The van der Waals surface area contributed by atoms with Gasteiger partial charge in [0, 0.05) is 5.92 Å². The molecule has 0 aromatic carbocycles. The molecule has 0 aliphatic carbocycles. The molecular weight excluding hydrogens is 336 g/mol. The molecule has 0 saturated heterocycles. The number of rotatable bonds is 6. The molecule has 0 spiro atoms. The minimum atomic E-state index is -0.408. The number of anilines is 1. The monoisotopic (exact) mass is 354 g/mol. The average Bonchev–Trinajstić information content (AvgIpc) is 2.97. The zero-order chi connectivity index (χ0) is 17.0. The number of H-pyrrole nitrogens is 1. The first-order valence-corrected chi connectivity index (χ1v) is 8.84. The molecule has 2 aromatic heterocycles. The van der Waals surface area contributed by atoms with Crippen molar-refractivity contribution in [3.05, 3.63) is 21.1 Å². The van der Waals surface area contributed by atoms with Crippen molar-refractivity contribution in [2.75, 3.05) is 5.32 Å². The molecule has 124 valence electrons. The highest BCUT2D eigenvalue weighted by Gasteiger charge is 2.21. The number of hydrogen-bond donors (Lipinski definition) is 2. The molecular formula is C13H18N6O2S2. The number of carbonyl (C=O) groups is 1. The summed E-state index contributed by atoms with van der Waals surface area (Å²) < 4.78 is 0. The van der Waals surface area contributed by atoms with Crippen LogP contribution in [0.5, 0.6) is 0 Å². The van der Waals surface area contributed by atoms with E-state index < -0.39 is 5.25 Å². The second-order valence-electron chi connectivity index (χ2n) is 5.15. The first-order chi connectivity index (χ1) is 10.9.